The first-order valence-corrected chi connectivity index (χ1v) is 9.84. The molecule has 0 heterocycles. The molecule has 0 saturated carbocycles. The zero-order valence-electron chi connectivity index (χ0n) is 15.6. The molecule has 0 bridgehead atoms. The minimum absolute atomic E-state index is 0.325. The van der Waals surface area contributed by atoms with Crippen molar-refractivity contribution in [3.8, 4) is 11.5 Å². The first kappa shape index (κ1) is 20.7. The second-order valence-electron chi connectivity index (χ2n) is 6.28. The van der Waals surface area contributed by atoms with Crippen molar-refractivity contribution in [2.75, 3.05) is 12.4 Å². The lowest BCUT2D eigenvalue weighted by Gasteiger charge is -2.14. The van der Waals surface area contributed by atoms with Gasteiger partial charge in [0.15, 0.2) is 11.5 Å². The summed E-state index contributed by atoms with van der Waals surface area (Å²) in [4.78, 5) is 0. The largest absolute Gasteiger partial charge is 0.493 e. The van der Waals surface area contributed by atoms with E-state index in [1.54, 1.807) is 19.2 Å². The average molecular weight is 437 g/mol. The maximum absolute atomic E-state index is 6.20. The number of methoxy groups -OCH3 is 1. The van der Waals surface area contributed by atoms with Crippen LogP contribution in [0.15, 0.2) is 54.6 Å². The van der Waals surface area contributed by atoms with E-state index in [4.69, 9.17) is 44.3 Å². The summed E-state index contributed by atoms with van der Waals surface area (Å²) in [5.74, 6) is 1.31. The van der Waals surface area contributed by atoms with E-state index in [-0.39, 0.29) is 0 Å². The zero-order chi connectivity index (χ0) is 20.1. The van der Waals surface area contributed by atoms with E-state index in [1.807, 2.05) is 49.4 Å². The summed E-state index contributed by atoms with van der Waals surface area (Å²) in [6.07, 6.45) is 0. The molecule has 0 spiro atoms. The Balaban J connectivity index is 1.68. The van der Waals surface area contributed by atoms with Gasteiger partial charge in [0.25, 0.3) is 0 Å². The van der Waals surface area contributed by atoms with Gasteiger partial charge < -0.3 is 14.8 Å². The monoisotopic (exact) mass is 435 g/mol. The third-order valence-electron chi connectivity index (χ3n) is 4.38. The van der Waals surface area contributed by atoms with E-state index in [1.165, 1.54) is 0 Å². The highest BCUT2D eigenvalue weighted by atomic mass is 35.5. The van der Waals surface area contributed by atoms with Gasteiger partial charge in [0, 0.05) is 32.9 Å². The van der Waals surface area contributed by atoms with Crippen LogP contribution in [0.25, 0.3) is 0 Å². The molecule has 0 aliphatic carbocycles. The number of hydrogen-bond donors (Lipinski definition) is 1. The fraction of sp³-hybridized carbons (Fsp3) is 0.182. The Kier molecular flexibility index (Phi) is 6.95. The molecule has 6 heteroatoms. The molecule has 3 aromatic carbocycles. The van der Waals surface area contributed by atoms with E-state index < -0.39 is 0 Å². The second kappa shape index (κ2) is 9.42. The number of halogens is 3. The van der Waals surface area contributed by atoms with Gasteiger partial charge in [-0.2, -0.15) is 0 Å². The highest BCUT2D eigenvalue weighted by Crippen LogP contribution is 2.31. The molecule has 28 heavy (non-hydrogen) atoms. The summed E-state index contributed by atoms with van der Waals surface area (Å²) < 4.78 is 11.4. The molecule has 0 atom stereocenters. The Bertz CT molecular complexity index is 976. The fourth-order valence-electron chi connectivity index (χ4n) is 2.73. The summed E-state index contributed by atoms with van der Waals surface area (Å²) >= 11 is 18.3. The van der Waals surface area contributed by atoms with Gasteiger partial charge in [-0.25, -0.2) is 0 Å². The Morgan fingerprint density at radius 2 is 1.71 bits per heavy atom. The Hall–Kier alpha value is -2.07. The highest BCUT2D eigenvalue weighted by Gasteiger charge is 2.09. The first-order chi connectivity index (χ1) is 13.5. The maximum atomic E-state index is 6.20. The minimum atomic E-state index is 0.325. The lowest BCUT2D eigenvalue weighted by atomic mass is 10.1. The molecule has 0 fully saturated rings. The Labute approximate surface area is 180 Å². The number of hydrogen-bond acceptors (Lipinski definition) is 3. The molecule has 3 rings (SSSR count). The summed E-state index contributed by atoms with van der Waals surface area (Å²) in [5, 5.41) is 5.31. The molecule has 0 aliphatic rings. The van der Waals surface area contributed by atoms with Crippen LogP contribution in [0.2, 0.25) is 15.1 Å². The quantitative estimate of drug-likeness (QED) is 0.426. The van der Waals surface area contributed by atoms with E-state index in [9.17, 15) is 0 Å². The third kappa shape index (κ3) is 5.05. The Morgan fingerprint density at radius 3 is 2.46 bits per heavy atom. The lowest BCUT2D eigenvalue weighted by molar-refractivity contribution is 0.284. The van der Waals surface area contributed by atoms with Crippen LogP contribution >= 0.6 is 34.8 Å². The topological polar surface area (TPSA) is 30.5 Å². The molecule has 0 radical (unpaired) electrons. The van der Waals surface area contributed by atoms with E-state index in [0.717, 1.165) is 27.4 Å². The second-order valence-corrected chi connectivity index (χ2v) is 7.53. The van der Waals surface area contributed by atoms with Gasteiger partial charge in [0.2, 0.25) is 0 Å². The van der Waals surface area contributed by atoms with Crippen molar-refractivity contribution in [3.05, 3.63) is 86.4 Å². The molecule has 1 N–H and O–H groups in total. The van der Waals surface area contributed by atoms with Crippen LogP contribution in [0, 0.1) is 6.92 Å². The van der Waals surface area contributed by atoms with Gasteiger partial charge in [-0.3, -0.25) is 0 Å². The summed E-state index contributed by atoms with van der Waals surface area (Å²) in [6.45, 7) is 2.95. The van der Waals surface area contributed by atoms with Gasteiger partial charge >= 0.3 is 0 Å². The van der Waals surface area contributed by atoms with Crippen LogP contribution in [0.4, 0.5) is 5.69 Å². The van der Waals surface area contributed by atoms with Crippen molar-refractivity contribution in [2.24, 2.45) is 0 Å². The SMILES string of the molecule is COc1cc(CNc2cccc(Cl)c2C)ccc1OCc1ccc(Cl)cc1Cl. The van der Waals surface area contributed by atoms with Crippen LogP contribution in [-0.2, 0) is 13.2 Å². The molecule has 3 aromatic rings. The molecule has 3 nitrogen and oxygen atoms in total. The molecule has 146 valence electrons. The van der Waals surface area contributed by atoms with Crippen molar-refractivity contribution in [1.82, 2.24) is 0 Å². The van der Waals surface area contributed by atoms with Crippen molar-refractivity contribution < 1.29 is 9.47 Å². The number of anilines is 1. The van der Waals surface area contributed by atoms with Gasteiger partial charge in [-0.05, 0) is 54.4 Å². The van der Waals surface area contributed by atoms with Crippen molar-refractivity contribution in [3.63, 3.8) is 0 Å². The van der Waals surface area contributed by atoms with E-state index in [0.29, 0.717) is 34.7 Å². The predicted molar refractivity (Wildman–Crippen MR) is 117 cm³/mol. The predicted octanol–water partition coefficient (Wildman–Crippen LogP) is 7.15. The van der Waals surface area contributed by atoms with Gasteiger partial charge in [-0.15, -0.1) is 0 Å². The molecular formula is C22H20Cl3NO2. The summed E-state index contributed by atoms with van der Waals surface area (Å²) in [5.41, 5.74) is 3.95. The number of nitrogens with one attached hydrogen (secondary N) is 1. The molecular weight excluding hydrogens is 417 g/mol. The summed E-state index contributed by atoms with van der Waals surface area (Å²) in [7, 11) is 1.62. The number of benzene rings is 3. The normalized spacial score (nSPS) is 10.6. The van der Waals surface area contributed by atoms with Crippen LogP contribution in [0.1, 0.15) is 16.7 Å². The van der Waals surface area contributed by atoms with Gasteiger partial charge in [0.05, 0.1) is 7.11 Å². The van der Waals surface area contributed by atoms with Crippen molar-refractivity contribution in [1.29, 1.82) is 0 Å². The van der Waals surface area contributed by atoms with Crippen LogP contribution < -0.4 is 14.8 Å². The molecule has 0 aromatic heterocycles. The zero-order valence-corrected chi connectivity index (χ0v) is 17.8. The van der Waals surface area contributed by atoms with Crippen LogP contribution in [0.3, 0.4) is 0 Å². The standard InChI is InChI=1S/C22H20Cl3NO2/c1-14-18(24)4-3-5-20(14)26-12-15-6-9-21(22(10-15)27-2)28-13-16-7-8-17(23)11-19(16)25/h3-11,26H,12-13H2,1-2H3. The Morgan fingerprint density at radius 1 is 0.893 bits per heavy atom. The highest BCUT2D eigenvalue weighted by molar-refractivity contribution is 6.35. The molecule has 0 saturated heterocycles. The first-order valence-electron chi connectivity index (χ1n) is 8.70. The van der Waals surface area contributed by atoms with E-state index in [2.05, 4.69) is 5.32 Å². The lowest BCUT2D eigenvalue weighted by Crippen LogP contribution is -2.03. The minimum Gasteiger partial charge on any atom is -0.493 e. The fourth-order valence-corrected chi connectivity index (χ4v) is 3.37. The molecule has 0 amide bonds. The van der Waals surface area contributed by atoms with Crippen LogP contribution in [-0.4, -0.2) is 7.11 Å². The molecule has 0 unspecified atom stereocenters. The summed E-state index contributed by atoms with van der Waals surface area (Å²) in [6, 6.07) is 17.0. The van der Waals surface area contributed by atoms with Gasteiger partial charge in [0.1, 0.15) is 6.61 Å². The smallest absolute Gasteiger partial charge is 0.161 e. The number of rotatable bonds is 7. The third-order valence-corrected chi connectivity index (χ3v) is 5.37. The van der Waals surface area contributed by atoms with Gasteiger partial charge in [-0.1, -0.05) is 53.0 Å². The number of ether oxygens (including phenoxy) is 2. The van der Waals surface area contributed by atoms with Crippen molar-refractivity contribution >= 4 is 40.5 Å². The van der Waals surface area contributed by atoms with Crippen molar-refractivity contribution in [2.45, 2.75) is 20.1 Å². The van der Waals surface area contributed by atoms with E-state index >= 15 is 0 Å². The maximum Gasteiger partial charge on any atom is 0.161 e. The van der Waals surface area contributed by atoms with Crippen LogP contribution in [0.5, 0.6) is 11.5 Å². The average Bonchev–Trinajstić information content (AvgIpc) is 2.69. The molecule has 0 aliphatic heterocycles.